The van der Waals surface area contributed by atoms with Crippen LogP contribution in [0.1, 0.15) is 23.4 Å². The van der Waals surface area contributed by atoms with Crippen molar-refractivity contribution >= 4 is 29.1 Å². The molecule has 3 rings (SSSR count). The Labute approximate surface area is 130 Å². The minimum Gasteiger partial charge on any atom is -0.395 e. The van der Waals surface area contributed by atoms with Crippen molar-refractivity contribution in [3.63, 3.8) is 0 Å². The Hall–Kier alpha value is -3.16. The van der Waals surface area contributed by atoms with Crippen LogP contribution < -0.4 is 10.6 Å². The van der Waals surface area contributed by atoms with E-state index in [9.17, 15) is 19.7 Å². The third-order valence-electron chi connectivity index (χ3n) is 3.33. The molecule has 0 unspecified atom stereocenters. The van der Waals surface area contributed by atoms with Crippen LogP contribution in [0.15, 0.2) is 40.8 Å². The normalized spacial score (nSPS) is 13.4. The Morgan fingerprint density at radius 1 is 1.13 bits per heavy atom. The lowest BCUT2D eigenvalue weighted by molar-refractivity contribution is -0.402. The highest BCUT2D eigenvalue weighted by atomic mass is 16.6. The lowest BCUT2D eigenvalue weighted by Gasteiger charge is -2.07. The zero-order valence-electron chi connectivity index (χ0n) is 11.9. The van der Waals surface area contributed by atoms with Crippen LogP contribution in [0.4, 0.5) is 17.3 Å². The van der Waals surface area contributed by atoms with Gasteiger partial charge in [-0.3, -0.25) is 19.7 Å². The number of carbonyl (C=O) groups is 2. The number of carbonyl (C=O) groups excluding carboxylic acids is 2. The second kappa shape index (κ2) is 5.91. The van der Waals surface area contributed by atoms with Crippen LogP contribution in [-0.4, -0.2) is 16.7 Å². The number of rotatable bonds is 5. The fourth-order valence-electron chi connectivity index (χ4n) is 2.01. The highest BCUT2D eigenvalue weighted by Gasteiger charge is 2.29. The molecular weight excluding hydrogens is 302 g/mol. The molecule has 1 heterocycles. The van der Waals surface area contributed by atoms with E-state index < -0.39 is 16.7 Å². The summed E-state index contributed by atoms with van der Waals surface area (Å²) in [4.78, 5) is 33.5. The van der Waals surface area contributed by atoms with Crippen LogP contribution in [0.3, 0.4) is 0 Å². The number of hydrogen-bond donors (Lipinski definition) is 2. The summed E-state index contributed by atoms with van der Waals surface area (Å²) in [6.07, 6.45) is 1.80. The second-order valence-electron chi connectivity index (χ2n) is 5.19. The van der Waals surface area contributed by atoms with Gasteiger partial charge >= 0.3 is 5.88 Å². The van der Waals surface area contributed by atoms with Gasteiger partial charge in [-0.1, -0.05) is 6.07 Å². The first-order chi connectivity index (χ1) is 11.0. The summed E-state index contributed by atoms with van der Waals surface area (Å²) in [5.74, 6) is -1.22. The predicted molar refractivity (Wildman–Crippen MR) is 81.1 cm³/mol. The smallest absolute Gasteiger partial charge is 0.395 e. The molecule has 0 spiro atoms. The first-order valence-electron chi connectivity index (χ1n) is 6.99. The maximum Gasteiger partial charge on any atom is 0.433 e. The SMILES string of the molecule is O=C(Nc1cccc(NC(=O)C2CC2)c1)c1ccc([N+](=O)[O-])o1. The van der Waals surface area contributed by atoms with Crippen molar-refractivity contribution in [1.29, 1.82) is 0 Å². The third kappa shape index (κ3) is 3.54. The number of anilines is 2. The van der Waals surface area contributed by atoms with E-state index in [1.165, 1.54) is 6.07 Å². The van der Waals surface area contributed by atoms with Crippen molar-refractivity contribution in [2.24, 2.45) is 5.92 Å². The van der Waals surface area contributed by atoms with E-state index in [0.29, 0.717) is 11.4 Å². The van der Waals surface area contributed by atoms with Gasteiger partial charge < -0.3 is 15.1 Å². The molecule has 0 radical (unpaired) electrons. The molecule has 0 saturated heterocycles. The molecule has 1 aromatic carbocycles. The molecule has 2 amide bonds. The molecule has 0 aliphatic heterocycles. The van der Waals surface area contributed by atoms with Crippen molar-refractivity contribution in [3.8, 4) is 0 Å². The zero-order chi connectivity index (χ0) is 16.4. The van der Waals surface area contributed by atoms with Crippen LogP contribution in [0.5, 0.6) is 0 Å². The Morgan fingerprint density at radius 3 is 2.43 bits per heavy atom. The monoisotopic (exact) mass is 315 g/mol. The van der Waals surface area contributed by atoms with E-state index in [2.05, 4.69) is 10.6 Å². The standard InChI is InChI=1S/C15H13N3O5/c19-14(9-4-5-9)16-10-2-1-3-11(8-10)17-15(20)12-6-7-13(23-12)18(21)22/h1-3,6-9H,4-5H2,(H,16,19)(H,17,20). The lowest BCUT2D eigenvalue weighted by Crippen LogP contribution is -2.14. The Bertz CT molecular complexity index is 779. The van der Waals surface area contributed by atoms with Crippen LogP contribution in [0.25, 0.3) is 0 Å². The summed E-state index contributed by atoms with van der Waals surface area (Å²) in [6, 6.07) is 8.99. The van der Waals surface area contributed by atoms with E-state index in [4.69, 9.17) is 4.42 Å². The van der Waals surface area contributed by atoms with Gasteiger partial charge in [0.25, 0.3) is 5.91 Å². The van der Waals surface area contributed by atoms with Crippen molar-refractivity contribution in [2.75, 3.05) is 10.6 Å². The average Bonchev–Trinajstić information content (AvgIpc) is 3.24. The van der Waals surface area contributed by atoms with E-state index in [1.54, 1.807) is 24.3 Å². The summed E-state index contributed by atoms with van der Waals surface area (Å²) in [5, 5.41) is 15.9. The van der Waals surface area contributed by atoms with Gasteiger partial charge in [-0.05, 0) is 37.1 Å². The summed E-state index contributed by atoms with van der Waals surface area (Å²) in [7, 11) is 0. The van der Waals surface area contributed by atoms with E-state index in [1.807, 2.05) is 0 Å². The molecular formula is C15H13N3O5. The Balaban J connectivity index is 1.67. The van der Waals surface area contributed by atoms with Crippen molar-refractivity contribution in [3.05, 3.63) is 52.3 Å². The van der Waals surface area contributed by atoms with Gasteiger partial charge in [0.15, 0.2) is 5.76 Å². The molecule has 118 valence electrons. The highest BCUT2D eigenvalue weighted by Crippen LogP contribution is 2.30. The Kier molecular flexibility index (Phi) is 3.80. The molecule has 1 aliphatic carbocycles. The number of furan rings is 1. The van der Waals surface area contributed by atoms with Gasteiger partial charge in [-0.25, -0.2) is 0 Å². The first kappa shape index (κ1) is 14.8. The van der Waals surface area contributed by atoms with Crippen molar-refractivity contribution in [2.45, 2.75) is 12.8 Å². The van der Waals surface area contributed by atoms with Crippen molar-refractivity contribution < 1.29 is 18.9 Å². The highest BCUT2D eigenvalue weighted by molar-refractivity contribution is 6.03. The van der Waals surface area contributed by atoms with Gasteiger partial charge in [0.1, 0.15) is 4.92 Å². The lowest BCUT2D eigenvalue weighted by atomic mass is 10.2. The Morgan fingerprint density at radius 2 is 1.83 bits per heavy atom. The molecule has 1 aromatic heterocycles. The van der Waals surface area contributed by atoms with Crippen LogP contribution in [0, 0.1) is 16.0 Å². The van der Waals surface area contributed by atoms with Gasteiger partial charge in [-0.2, -0.15) is 0 Å². The molecule has 1 fully saturated rings. The fourth-order valence-corrected chi connectivity index (χ4v) is 2.01. The third-order valence-corrected chi connectivity index (χ3v) is 3.33. The predicted octanol–water partition coefficient (Wildman–Crippen LogP) is 2.79. The van der Waals surface area contributed by atoms with Crippen LogP contribution >= 0.6 is 0 Å². The van der Waals surface area contributed by atoms with Gasteiger partial charge in [0.2, 0.25) is 5.91 Å². The number of nitrogens with one attached hydrogen (secondary N) is 2. The number of nitro groups is 1. The van der Waals surface area contributed by atoms with Crippen molar-refractivity contribution in [1.82, 2.24) is 0 Å². The zero-order valence-corrected chi connectivity index (χ0v) is 11.9. The average molecular weight is 315 g/mol. The number of benzene rings is 1. The molecule has 2 N–H and O–H groups in total. The maximum absolute atomic E-state index is 12.0. The molecule has 8 nitrogen and oxygen atoms in total. The summed E-state index contributed by atoms with van der Waals surface area (Å²) in [6.45, 7) is 0. The maximum atomic E-state index is 12.0. The molecule has 8 heteroatoms. The molecule has 23 heavy (non-hydrogen) atoms. The number of amides is 2. The first-order valence-corrected chi connectivity index (χ1v) is 6.99. The van der Waals surface area contributed by atoms with E-state index >= 15 is 0 Å². The minimum absolute atomic E-state index is 0.0323. The molecule has 2 aromatic rings. The number of hydrogen-bond acceptors (Lipinski definition) is 5. The summed E-state index contributed by atoms with van der Waals surface area (Å²) < 4.78 is 4.83. The minimum atomic E-state index is -0.717. The van der Waals surface area contributed by atoms with E-state index in [0.717, 1.165) is 18.9 Å². The second-order valence-corrected chi connectivity index (χ2v) is 5.19. The largest absolute Gasteiger partial charge is 0.433 e. The van der Waals surface area contributed by atoms with Crippen LogP contribution in [0.2, 0.25) is 0 Å². The van der Waals surface area contributed by atoms with Crippen LogP contribution in [-0.2, 0) is 4.79 Å². The summed E-state index contributed by atoms with van der Waals surface area (Å²) >= 11 is 0. The number of nitrogens with zero attached hydrogens (tertiary/aromatic N) is 1. The van der Waals surface area contributed by atoms with Gasteiger partial charge in [0.05, 0.1) is 6.07 Å². The fraction of sp³-hybridized carbons (Fsp3) is 0.200. The topological polar surface area (TPSA) is 114 Å². The molecule has 1 saturated carbocycles. The molecule has 1 aliphatic rings. The van der Waals surface area contributed by atoms with Gasteiger partial charge in [-0.15, -0.1) is 0 Å². The van der Waals surface area contributed by atoms with E-state index in [-0.39, 0.29) is 17.6 Å². The molecule has 0 atom stereocenters. The molecule has 0 bridgehead atoms. The van der Waals surface area contributed by atoms with Gasteiger partial charge in [0, 0.05) is 17.3 Å². The quantitative estimate of drug-likeness (QED) is 0.650. The summed E-state index contributed by atoms with van der Waals surface area (Å²) in [5.41, 5.74) is 1.02.